The van der Waals surface area contributed by atoms with Crippen LogP contribution in [0.5, 0.6) is 0 Å². The van der Waals surface area contributed by atoms with E-state index in [1.165, 1.54) is 5.56 Å². The van der Waals surface area contributed by atoms with E-state index >= 15 is 0 Å². The second-order valence-corrected chi connectivity index (χ2v) is 13.3. The van der Waals surface area contributed by atoms with E-state index in [0.29, 0.717) is 13.1 Å². The number of hydrogen-bond acceptors (Lipinski definition) is 5. The number of hydrogen-bond donors (Lipinski definition) is 1. The van der Waals surface area contributed by atoms with Crippen LogP contribution in [0, 0.1) is 0 Å². The van der Waals surface area contributed by atoms with Gasteiger partial charge in [-0.3, -0.25) is 4.90 Å². The zero-order valence-electron chi connectivity index (χ0n) is 26.8. The molecule has 1 aromatic heterocycles. The summed E-state index contributed by atoms with van der Waals surface area (Å²) in [5.41, 5.74) is 4.98. The van der Waals surface area contributed by atoms with Crippen molar-refractivity contribution in [2.75, 3.05) is 18.6 Å². The van der Waals surface area contributed by atoms with Gasteiger partial charge in [-0.05, 0) is 55.2 Å². The number of likely N-dealkylation sites (tertiary alicyclic amines) is 1. The first-order valence-electron chi connectivity index (χ1n) is 15.9. The largest absolute Gasteiger partial charge is 0.444 e. The molecule has 4 atom stereocenters. The van der Waals surface area contributed by atoms with Crippen molar-refractivity contribution in [2.45, 2.75) is 63.2 Å². The molecule has 1 fully saturated rings. The molecule has 7 nitrogen and oxygen atoms in total. The Labute approximate surface area is 270 Å². The highest BCUT2D eigenvalue weighted by atomic mass is 16.6. The number of ether oxygens (including phenoxy) is 2. The van der Waals surface area contributed by atoms with Crippen LogP contribution in [0.4, 0.5) is 10.5 Å². The standard InChI is InChI=1S/C39H41N3O4/c1-38(2,3)46-37(44)42-34(26-43)35(45-4)39(30-20-12-14-22-33(30)41(36(39)42)24-28-17-9-6-10-18-28)31-25-40(23-27-15-7-5-8-16-27)32-21-13-11-19-29(31)32/h5-22,25,34-36,43H,23-24,26H2,1-4H3/t34-,35-,36-,39-/m1/s1. The lowest BCUT2D eigenvalue weighted by molar-refractivity contribution is -0.00834. The van der Waals surface area contributed by atoms with E-state index in [9.17, 15) is 9.90 Å². The molecule has 5 aromatic rings. The van der Waals surface area contributed by atoms with Crippen molar-refractivity contribution < 1.29 is 19.4 Å². The summed E-state index contributed by atoms with van der Waals surface area (Å²) in [6, 6.07) is 36.9. The summed E-state index contributed by atoms with van der Waals surface area (Å²) in [5, 5.41) is 12.2. The molecule has 7 rings (SSSR count). The highest BCUT2D eigenvalue weighted by molar-refractivity contribution is 5.89. The molecule has 0 radical (unpaired) electrons. The highest BCUT2D eigenvalue weighted by Crippen LogP contribution is 2.60. The summed E-state index contributed by atoms with van der Waals surface area (Å²) in [6.45, 7) is 6.59. The molecular weight excluding hydrogens is 574 g/mol. The number of nitrogens with zero attached hydrogens (tertiary/aromatic N) is 3. The Morgan fingerprint density at radius 2 is 1.41 bits per heavy atom. The van der Waals surface area contributed by atoms with Crippen molar-refractivity contribution in [3.05, 3.63) is 138 Å². The number of amides is 1. The van der Waals surface area contributed by atoms with Crippen molar-refractivity contribution in [1.82, 2.24) is 9.47 Å². The van der Waals surface area contributed by atoms with E-state index in [1.807, 2.05) is 51.1 Å². The Hall–Kier alpha value is -4.59. The quantitative estimate of drug-likeness (QED) is 0.215. The normalized spacial score (nSPS) is 22.2. The van der Waals surface area contributed by atoms with Gasteiger partial charge in [0.15, 0.2) is 0 Å². The molecule has 0 saturated carbocycles. The molecule has 2 aliphatic heterocycles. The average molecular weight is 616 g/mol. The molecule has 46 heavy (non-hydrogen) atoms. The van der Waals surface area contributed by atoms with E-state index in [4.69, 9.17) is 9.47 Å². The topological polar surface area (TPSA) is 67.2 Å². The van der Waals surface area contributed by atoms with Crippen LogP contribution in [0.2, 0.25) is 0 Å². The monoisotopic (exact) mass is 615 g/mol. The average Bonchev–Trinajstić information content (AvgIpc) is 3.66. The summed E-state index contributed by atoms with van der Waals surface area (Å²) < 4.78 is 14.9. The van der Waals surface area contributed by atoms with Gasteiger partial charge in [-0.25, -0.2) is 4.79 Å². The Balaban J connectivity index is 1.52. The number of aromatic nitrogens is 1. The fourth-order valence-corrected chi connectivity index (χ4v) is 7.84. The summed E-state index contributed by atoms with van der Waals surface area (Å²) in [4.78, 5) is 18.4. The predicted octanol–water partition coefficient (Wildman–Crippen LogP) is 6.95. The minimum absolute atomic E-state index is 0.278. The van der Waals surface area contributed by atoms with Gasteiger partial charge in [0, 0.05) is 43.0 Å². The van der Waals surface area contributed by atoms with Gasteiger partial charge in [-0.1, -0.05) is 97.1 Å². The number of fused-ring (bicyclic) bond motifs is 4. The van der Waals surface area contributed by atoms with Gasteiger partial charge in [0.25, 0.3) is 0 Å². The molecule has 1 saturated heterocycles. The fraction of sp³-hybridized carbons (Fsp3) is 0.308. The lowest BCUT2D eigenvalue weighted by Gasteiger charge is -2.39. The zero-order chi connectivity index (χ0) is 32.1. The smallest absolute Gasteiger partial charge is 0.412 e. The van der Waals surface area contributed by atoms with Crippen LogP contribution >= 0.6 is 0 Å². The van der Waals surface area contributed by atoms with E-state index in [2.05, 4.69) is 94.5 Å². The van der Waals surface area contributed by atoms with E-state index in [0.717, 1.165) is 33.3 Å². The maximum absolute atomic E-state index is 14.4. The SMILES string of the molecule is CO[C@@H]1[C@@H](CO)N(C(=O)OC(C)(C)C)[C@H]2N(Cc3ccccc3)c3ccccc3[C@@]12c1cn(Cc2ccccc2)c2ccccc12. The molecule has 7 heteroatoms. The van der Waals surface area contributed by atoms with Gasteiger partial charge in [0.2, 0.25) is 0 Å². The Morgan fingerprint density at radius 1 is 0.804 bits per heavy atom. The van der Waals surface area contributed by atoms with Crippen LogP contribution in [-0.2, 0) is 28.0 Å². The first-order valence-corrected chi connectivity index (χ1v) is 15.9. The molecule has 0 bridgehead atoms. The molecule has 1 amide bonds. The molecule has 1 N–H and O–H groups in total. The van der Waals surface area contributed by atoms with Crippen LogP contribution in [0.3, 0.4) is 0 Å². The number of methoxy groups -OCH3 is 1. The second-order valence-electron chi connectivity index (χ2n) is 13.3. The van der Waals surface area contributed by atoms with Gasteiger partial charge in [0.05, 0.1) is 24.2 Å². The van der Waals surface area contributed by atoms with Crippen LogP contribution in [-0.4, -0.2) is 58.3 Å². The molecule has 0 spiro atoms. The second kappa shape index (κ2) is 11.6. The Kier molecular flexibility index (Phi) is 7.62. The minimum atomic E-state index is -0.855. The number of carbonyl (C=O) groups excluding carboxylic acids is 1. The maximum Gasteiger partial charge on any atom is 0.412 e. The number of rotatable bonds is 7. The maximum atomic E-state index is 14.4. The first-order chi connectivity index (χ1) is 22.3. The van der Waals surface area contributed by atoms with Crippen LogP contribution in [0.25, 0.3) is 10.9 Å². The third kappa shape index (κ3) is 4.77. The third-order valence-corrected chi connectivity index (χ3v) is 9.45. The third-order valence-electron chi connectivity index (χ3n) is 9.45. The van der Waals surface area contributed by atoms with Crippen molar-refractivity contribution >= 4 is 22.7 Å². The summed E-state index contributed by atoms with van der Waals surface area (Å²) in [5.74, 6) is 0. The van der Waals surface area contributed by atoms with Crippen molar-refractivity contribution in [2.24, 2.45) is 0 Å². The van der Waals surface area contributed by atoms with Crippen LogP contribution in [0.1, 0.15) is 43.0 Å². The van der Waals surface area contributed by atoms with Gasteiger partial charge >= 0.3 is 6.09 Å². The minimum Gasteiger partial charge on any atom is -0.444 e. The first kappa shape index (κ1) is 30.1. The Morgan fingerprint density at radius 3 is 2.07 bits per heavy atom. The number of carbonyl (C=O) groups is 1. The van der Waals surface area contributed by atoms with Crippen molar-refractivity contribution in [3.63, 3.8) is 0 Å². The summed E-state index contributed by atoms with van der Waals surface area (Å²) in [6.07, 6.45) is 0.650. The number of aliphatic hydroxyl groups excluding tert-OH is 1. The Bertz CT molecular complexity index is 1850. The zero-order valence-corrected chi connectivity index (χ0v) is 26.8. The van der Waals surface area contributed by atoms with Gasteiger partial charge in [-0.15, -0.1) is 0 Å². The lowest BCUT2D eigenvalue weighted by atomic mass is 9.70. The van der Waals surface area contributed by atoms with Crippen molar-refractivity contribution in [1.29, 1.82) is 0 Å². The molecule has 4 aromatic carbocycles. The summed E-state index contributed by atoms with van der Waals surface area (Å²) >= 11 is 0. The van der Waals surface area contributed by atoms with Crippen molar-refractivity contribution in [3.8, 4) is 0 Å². The van der Waals surface area contributed by atoms with Crippen LogP contribution in [0.15, 0.2) is 115 Å². The number of aliphatic hydroxyl groups is 1. The van der Waals surface area contributed by atoms with Gasteiger partial charge < -0.3 is 24.0 Å². The molecule has 2 aliphatic rings. The van der Waals surface area contributed by atoms with E-state index < -0.39 is 35.4 Å². The lowest BCUT2D eigenvalue weighted by Crippen LogP contribution is -2.55. The molecular formula is C39H41N3O4. The van der Waals surface area contributed by atoms with E-state index in [-0.39, 0.29) is 6.61 Å². The van der Waals surface area contributed by atoms with Gasteiger partial charge in [-0.2, -0.15) is 0 Å². The molecule has 3 heterocycles. The van der Waals surface area contributed by atoms with E-state index in [1.54, 1.807) is 12.0 Å². The fourth-order valence-electron chi connectivity index (χ4n) is 7.84. The number of anilines is 1. The molecule has 0 aliphatic carbocycles. The predicted molar refractivity (Wildman–Crippen MR) is 181 cm³/mol. The molecule has 0 unspecified atom stereocenters. The molecule has 236 valence electrons. The highest BCUT2D eigenvalue weighted by Gasteiger charge is 2.69. The van der Waals surface area contributed by atoms with Crippen LogP contribution < -0.4 is 4.90 Å². The number of para-hydroxylation sites is 2. The van der Waals surface area contributed by atoms with Gasteiger partial charge in [0.1, 0.15) is 11.8 Å². The summed E-state index contributed by atoms with van der Waals surface area (Å²) in [7, 11) is 1.69. The number of benzene rings is 4.